The van der Waals surface area contributed by atoms with Gasteiger partial charge in [-0.05, 0) is 38.1 Å². The van der Waals surface area contributed by atoms with E-state index in [2.05, 4.69) is 35.5 Å². The Bertz CT molecular complexity index is 496. The summed E-state index contributed by atoms with van der Waals surface area (Å²) in [6, 6.07) is 9.76. The van der Waals surface area contributed by atoms with Crippen molar-refractivity contribution in [3.05, 3.63) is 29.8 Å². The van der Waals surface area contributed by atoms with Gasteiger partial charge in [-0.2, -0.15) is 5.26 Å². The fourth-order valence-electron chi connectivity index (χ4n) is 2.60. The lowest BCUT2D eigenvalue weighted by molar-refractivity contribution is -0.117. The van der Waals surface area contributed by atoms with Crippen LogP contribution in [0.4, 0.5) is 5.69 Å². The molecule has 20 heavy (non-hydrogen) atoms. The Morgan fingerprint density at radius 2 is 1.95 bits per heavy atom. The van der Waals surface area contributed by atoms with E-state index in [1.165, 1.54) is 0 Å². The average Bonchev–Trinajstić information content (AvgIpc) is 2.38. The highest BCUT2D eigenvalue weighted by atomic mass is 16.2. The molecule has 2 N–H and O–H groups in total. The molecule has 0 spiro atoms. The molecule has 2 rings (SSSR count). The van der Waals surface area contributed by atoms with Crippen molar-refractivity contribution in [3.8, 4) is 6.07 Å². The van der Waals surface area contributed by atoms with Crippen LogP contribution in [0.1, 0.15) is 19.4 Å². The molecule has 1 aromatic rings. The molecule has 5 heteroatoms. The molecular formula is C15H20N4O. The number of anilines is 1. The molecule has 1 amide bonds. The lowest BCUT2D eigenvalue weighted by Crippen LogP contribution is -2.55. The van der Waals surface area contributed by atoms with Crippen molar-refractivity contribution in [1.29, 1.82) is 5.26 Å². The SMILES string of the molecule is CC1CN(CC(=O)Nc2ccc(C#N)cc2)CC(C)N1. The molecule has 0 bridgehead atoms. The van der Waals surface area contributed by atoms with Crippen molar-refractivity contribution < 1.29 is 4.79 Å². The zero-order valence-corrected chi connectivity index (χ0v) is 11.9. The maximum absolute atomic E-state index is 12.0. The third-order valence-electron chi connectivity index (χ3n) is 3.30. The van der Waals surface area contributed by atoms with E-state index in [1.807, 2.05) is 0 Å². The average molecular weight is 272 g/mol. The highest BCUT2D eigenvalue weighted by Crippen LogP contribution is 2.09. The maximum Gasteiger partial charge on any atom is 0.238 e. The van der Waals surface area contributed by atoms with Gasteiger partial charge in [-0.15, -0.1) is 0 Å². The summed E-state index contributed by atoms with van der Waals surface area (Å²) in [5, 5.41) is 15.0. The second-order valence-electron chi connectivity index (χ2n) is 5.40. The summed E-state index contributed by atoms with van der Waals surface area (Å²) >= 11 is 0. The highest BCUT2D eigenvalue weighted by Gasteiger charge is 2.22. The van der Waals surface area contributed by atoms with Gasteiger partial charge in [0.15, 0.2) is 0 Å². The number of nitriles is 1. The fraction of sp³-hybridized carbons (Fsp3) is 0.467. The summed E-state index contributed by atoms with van der Waals surface area (Å²) in [5.74, 6) is -0.0176. The number of hydrogen-bond donors (Lipinski definition) is 2. The van der Waals surface area contributed by atoms with Gasteiger partial charge in [-0.3, -0.25) is 9.69 Å². The molecule has 1 heterocycles. The lowest BCUT2D eigenvalue weighted by atomic mass is 10.1. The van der Waals surface area contributed by atoms with Crippen molar-refractivity contribution in [3.63, 3.8) is 0 Å². The van der Waals surface area contributed by atoms with Crippen LogP contribution in [0.25, 0.3) is 0 Å². The first-order chi connectivity index (χ1) is 9.56. The summed E-state index contributed by atoms with van der Waals surface area (Å²) in [7, 11) is 0. The van der Waals surface area contributed by atoms with Crippen molar-refractivity contribution in [1.82, 2.24) is 10.2 Å². The van der Waals surface area contributed by atoms with E-state index in [9.17, 15) is 4.79 Å². The number of piperazine rings is 1. The van der Waals surface area contributed by atoms with Crippen molar-refractivity contribution in [2.24, 2.45) is 0 Å². The first kappa shape index (κ1) is 14.5. The number of nitrogens with one attached hydrogen (secondary N) is 2. The molecule has 0 radical (unpaired) electrons. The Balaban J connectivity index is 1.87. The van der Waals surface area contributed by atoms with Crippen LogP contribution < -0.4 is 10.6 Å². The molecule has 106 valence electrons. The predicted molar refractivity (Wildman–Crippen MR) is 78.3 cm³/mol. The molecule has 1 aromatic carbocycles. The van der Waals surface area contributed by atoms with Gasteiger partial charge in [0.1, 0.15) is 0 Å². The van der Waals surface area contributed by atoms with Crippen molar-refractivity contribution in [2.75, 3.05) is 25.0 Å². The fourth-order valence-corrected chi connectivity index (χ4v) is 2.60. The second kappa shape index (κ2) is 6.51. The van der Waals surface area contributed by atoms with Crippen LogP contribution in [0.3, 0.4) is 0 Å². The van der Waals surface area contributed by atoms with E-state index in [0.29, 0.717) is 24.2 Å². The number of amides is 1. The maximum atomic E-state index is 12.0. The Labute approximate surface area is 119 Å². The molecule has 2 unspecified atom stereocenters. The van der Waals surface area contributed by atoms with Crippen LogP contribution in [0.15, 0.2) is 24.3 Å². The molecule has 2 atom stereocenters. The zero-order valence-electron chi connectivity index (χ0n) is 11.9. The van der Waals surface area contributed by atoms with Crippen LogP contribution in [0, 0.1) is 11.3 Å². The number of carbonyl (C=O) groups is 1. The second-order valence-corrected chi connectivity index (χ2v) is 5.40. The van der Waals surface area contributed by atoms with E-state index >= 15 is 0 Å². The summed E-state index contributed by atoms with van der Waals surface area (Å²) < 4.78 is 0. The number of rotatable bonds is 3. The van der Waals surface area contributed by atoms with Gasteiger partial charge in [0, 0.05) is 30.9 Å². The quantitative estimate of drug-likeness (QED) is 0.867. The summed E-state index contributed by atoms with van der Waals surface area (Å²) in [4.78, 5) is 14.2. The molecule has 5 nitrogen and oxygen atoms in total. The summed E-state index contributed by atoms with van der Waals surface area (Å²) in [5.41, 5.74) is 1.32. The van der Waals surface area contributed by atoms with Crippen LogP contribution in [0.2, 0.25) is 0 Å². The van der Waals surface area contributed by atoms with E-state index in [1.54, 1.807) is 24.3 Å². The van der Waals surface area contributed by atoms with Gasteiger partial charge in [0.2, 0.25) is 5.91 Å². The minimum Gasteiger partial charge on any atom is -0.325 e. The van der Waals surface area contributed by atoms with Gasteiger partial charge in [0.05, 0.1) is 18.2 Å². The third-order valence-corrected chi connectivity index (χ3v) is 3.30. The molecule has 1 fully saturated rings. The Morgan fingerprint density at radius 3 is 2.50 bits per heavy atom. The lowest BCUT2D eigenvalue weighted by Gasteiger charge is -2.35. The van der Waals surface area contributed by atoms with Gasteiger partial charge in [-0.25, -0.2) is 0 Å². The van der Waals surface area contributed by atoms with Crippen molar-refractivity contribution >= 4 is 11.6 Å². The molecule has 1 saturated heterocycles. The number of hydrogen-bond acceptors (Lipinski definition) is 4. The van der Waals surface area contributed by atoms with Crippen LogP contribution >= 0.6 is 0 Å². The standard InChI is InChI=1S/C15H20N4O/c1-11-8-19(9-12(2)17-11)10-15(20)18-14-5-3-13(7-16)4-6-14/h3-6,11-12,17H,8-10H2,1-2H3,(H,18,20). The van der Waals surface area contributed by atoms with Gasteiger partial charge in [-0.1, -0.05) is 0 Å². The van der Waals surface area contributed by atoms with Crippen LogP contribution in [-0.4, -0.2) is 42.5 Å². The molecule has 0 aliphatic carbocycles. The minimum atomic E-state index is -0.0176. The van der Waals surface area contributed by atoms with Crippen LogP contribution in [0.5, 0.6) is 0 Å². The Hall–Kier alpha value is -1.90. The van der Waals surface area contributed by atoms with E-state index in [0.717, 1.165) is 18.8 Å². The van der Waals surface area contributed by atoms with Gasteiger partial charge in [0.25, 0.3) is 0 Å². The molecule has 0 saturated carbocycles. The normalized spacial score (nSPS) is 23.1. The summed E-state index contributed by atoms with van der Waals surface area (Å²) in [6.45, 7) is 6.41. The Morgan fingerprint density at radius 1 is 1.35 bits per heavy atom. The van der Waals surface area contributed by atoms with Gasteiger partial charge < -0.3 is 10.6 Å². The monoisotopic (exact) mass is 272 g/mol. The summed E-state index contributed by atoms with van der Waals surface area (Å²) in [6.07, 6.45) is 0. The third kappa shape index (κ3) is 4.05. The minimum absolute atomic E-state index is 0.0176. The number of nitrogens with zero attached hydrogens (tertiary/aromatic N) is 2. The van der Waals surface area contributed by atoms with Gasteiger partial charge >= 0.3 is 0 Å². The van der Waals surface area contributed by atoms with E-state index < -0.39 is 0 Å². The van der Waals surface area contributed by atoms with E-state index in [-0.39, 0.29) is 5.91 Å². The van der Waals surface area contributed by atoms with Crippen molar-refractivity contribution in [2.45, 2.75) is 25.9 Å². The number of carbonyl (C=O) groups excluding carboxylic acids is 1. The highest BCUT2D eigenvalue weighted by molar-refractivity contribution is 5.92. The zero-order chi connectivity index (χ0) is 14.5. The van der Waals surface area contributed by atoms with E-state index in [4.69, 9.17) is 5.26 Å². The first-order valence-corrected chi connectivity index (χ1v) is 6.85. The molecular weight excluding hydrogens is 252 g/mol. The van der Waals surface area contributed by atoms with Crippen LogP contribution in [-0.2, 0) is 4.79 Å². The first-order valence-electron chi connectivity index (χ1n) is 6.85. The molecule has 1 aliphatic heterocycles. The topological polar surface area (TPSA) is 68.2 Å². The predicted octanol–water partition coefficient (Wildman–Crippen LogP) is 1.18. The smallest absolute Gasteiger partial charge is 0.238 e. The molecule has 0 aromatic heterocycles. The number of benzene rings is 1. The Kier molecular flexibility index (Phi) is 4.72. The largest absolute Gasteiger partial charge is 0.325 e. The molecule has 1 aliphatic rings.